The second-order valence-electron chi connectivity index (χ2n) is 7.68. The Kier molecular flexibility index (Phi) is 8.34. The number of aromatic amines is 1. The predicted molar refractivity (Wildman–Crippen MR) is 133 cm³/mol. The van der Waals surface area contributed by atoms with Crippen LogP contribution in [0.5, 0.6) is 0 Å². The van der Waals surface area contributed by atoms with Crippen molar-refractivity contribution < 1.29 is 21.6 Å². The Labute approximate surface area is 208 Å². The van der Waals surface area contributed by atoms with Gasteiger partial charge in [0.2, 0.25) is 15.6 Å². The van der Waals surface area contributed by atoms with Gasteiger partial charge in [-0.25, -0.2) is 16.8 Å². The van der Waals surface area contributed by atoms with Gasteiger partial charge >= 0.3 is 0 Å². The molecule has 0 aliphatic carbocycles. The van der Waals surface area contributed by atoms with E-state index in [1.165, 1.54) is 52.8 Å². The maximum Gasteiger partial charge on any atom is 0.266 e. The number of nitrogens with zero attached hydrogens (tertiary/aromatic N) is 1. The van der Waals surface area contributed by atoms with Crippen LogP contribution in [-0.2, 0) is 20.0 Å². The van der Waals surface area contributed by atoms with Crippen LogP contribution in [-0.4, -0.2) is 45.1 Å². The van der Waals surface area contributed by atoms with E-state index in [0.29, 0.717) is 36.8 Å². The molecule has 13 heteroatoms. The van der Waals surface area contributed by atoms with Gasteiger partial charge in [-0.15, -0.1) is 4.83 Å². The topological polar surface area (TPSA) is 146 Å². The fourth-order valence-corrected chi connectivity index (χ4v) is 6.41. The van der Waals surface area contributed by atoms with E-state index >= 15 is 0 Å². The number of benzene rings is 2. The number of carbonyl (C=O) groups excluding carboxylic acids is 1. The van der Waals surface area contributed by atoms with Crippen molar-refractivity contribution in [3.63, 3.8) is 0 Å². The number of sulfonamides is 2. The summed E-state index contributed by atoms with van der Waals surface area (Å²) in [4.78, 5) is 28.2. The van der Waals surface area contributed by atoms with Gasteiger partial charge < -0.3 is 4.98 Å². The second-order valence-corrected chi connectivity index (χ2v) is 11.7. The fourth-order valence-electron chi connectivity index (χ4n) is 3.38. The van der Waals surface area contributed by atoms with Crippen LogP contribution in [0.3, 0.4) is 0 Å². The lowest BCUT2D eigenvalue weighted by molar-refractivity contribution is 0.0945. The molecule has 188 valence electrons. The molecule has 0 unspecified atom stereocenters. The molecule has 0 aliphatic rings. The van der Waals surface area contributed by atoms with Gasteiger partial charge in [-0.1, -0.05) is 25.4 Å². The van der Waals surface area contributed by atoms with Crippen LogP contribution >= 0.6 is 11.6 Å². The quantitative estimate of drug-likeness (QED) is 0.337. The minimum atomic E-state index is -4.26. The Morgan fingerprint density at radius 3 is 2.20 bits per heavy atom. The molecule has 3 N–H and O–H groups in total. The first-order valence-electron chi connectivity index (χ1n) is 10.7. The van der Waals surface area contributed by atoms with Crippen molar-refractivity contribution in [3.8, 4) is 0 Å². The van der Waals surface area contributed by atoms with Gasteiger partial charge in [0.1, 0.15) is 4.90 Å². The van der Waals surface area contributed by atoms with E-state index in [0.717, 1.165) is 0 Å². The Bertz CT molecular complexity index is 1500. The molecule has 1 amide bonds. The normalized spacial score (nSPS) is 12.2. The summed E-state index contributed by atoms with van der Waals surface area (Å²) < 4.78 is 52.5. The first kappa shape index (κ1) is 26.8. The lowest BCUT2D eigenvalue weighted by Gasteiger charge is -2.21. The van der Waals surface area contributed by atoms with Crippen molar-refractivity contribution >= 4 is 48.5 Å². The third-order valence-corrected chi connectivity index (χ3v) is 8.69. The molecule has 0 bridgehead atoms. The van der Waals surface area contributed by atoms with E-state index in [9.17, 15) is 26.4 Å². The van der Waals surface area contributed by atoms with Gasteiger partial charge in [-0.05, 0) is 60.7 Å². The third-order valence-electron chi connectivity index (χ3n) is 5.06. The average Bonchev–Trinajstić information content (AvgIpc) is 2.82. The number of hydrogen-bond donors (Lipinski definition) is 3. The van der Waals surface area contributed by atoms with E-state index in [1.54, 1.807) is 0 Å². The van der Waals surface area contributed by atoms with Crippen LogP contribution in [0.4, 0.5) is 0 Å². The van der Waals surface area contributed by atoms with E-state index < -0.39 is 26.0 Å². The molecule has 0 aliphatic heterocycles. The van der Waals surface area contributed by atoms with Crippen molar-refractivity contribution in [3.05, 3.63) is 69.5 Å². The van der Waals surface area contributed by atoms with Crippen LogP contribution in [0.25, 0.3) is 10.9 Å². The van der Waals surface area contributed by atoms with Crippen molar-refractivity contribution in [2.45, 2.75) is 36.5 Å². The Hall–Kier alpha value is -2.77. The molecule has 0 spiro atoms. The van der Waals surface area contributed by atoms with E-state index in [-0.39, 0.29) is 25.9 Å². The largest absolute Gasteiger partial charge is 0.322 e. The summed E-state index contributed by atoms with van der Waals surface area (Å²) in [6, 6.07) is 10.5. The molecule has 0 saturated carbocycles. The number of fused-ring (bicyclic) bond motifs is 1. The molecular formula is C22H25ClN4O6S2. The summed E-state index contributed by atoms with van der Waals surface area (Å²) in [7, 11) is -7.97. The summed E-state index contributed by atoms with van der Waals surface area (Å²) in [6.07, 6.45) is 1.33. The smallest absolute Gasteiger partial charge is 0.266 e. The number of halogens is 1. The highest BCUT2D eigenvalue weighted by atomic mass is 35.5. The Morgan fingerprint density at radius 2 is 1.60 bits per heavy atom. The molecule has 0 atom stereocenters. The number of nitrogens with one attached hydrogen (secondary N) is 3. The van der Waals surface area contributed by atoms with E-state index in [2.05, 4.69) is 10.4 Å². The number of hydrazine groups is 1. The van der Waals surface area contributed by atoms with E-state index in [4.69, 9.17) is 11.6 Å². The maximum atomic E-state index is 12.9. The molecule has 10 nitrogen and oxygen atoms in total. The number of H-pyrrole nitrogens is 1. The Balaban J connectivity index is 1.76. The zero-order valence-electron chi connectivity index (χ0n) is 19.0. The van der Waals surface area contributed by atoms with Gasteiger partial charge in [0.05, 0.1) is 9.92 Å². The monoisotopic (exact) mass is 540 g/mol. The standard InChI is InChI=1S/C22H25ClN4O6S2/c1-3-11-27(12-4-2)35(32,33)17-8-5-15(6-9-17)22(29)25-26-34(30,31)20-13-16-7-10-21(28)24-19(16)14-18(20)23/h5-10,13-14,26H,3-4,11-12H2,1-2H3,(H,24,28)(H,25,29). The van der Waals surface area contributed by atoms with Crippen LogP contribution in [0.15, 0.2) is 63.1 Å². The van der Waals surface area contributed by atoms with Crippen molar-refractivity contribution in [2.75, 3.05) is 13.1 Å². The number of amides is 1. The van der Waals surface area contributed by atoms with Crippen LogP contribution < -0.4 is 15.8 Å². The number of rotatable bonds is 10. The zero-order valence-corrected chi connectivity index (χ0v) is 21.4. The molecule has 3 aromatic rings. The van der Waals surface area contributed by atoms with Gasteiger partial charge in [0.15, 0.2) is 0 Å². The number of pyridine rings is 1. The lowest BCUT2D eigenvalue weighted by Crippen LogP contribution is -2.41. The first-order chi connectivity index (χ1) is 16.5. The molecular weight excluding hydrogens is 516 g/mol. The average molecular weight is 541 g/mol. The highest BCUT2D eigenvalue weighted by molar-refractivity contribution is 7.89. The number of carbonyl (C=O) groups is 1. The fraction of sp³-hybridized carbons (Fsp3) is 0.273. The van der Waals surface area contributed by atoms with Crippen molar-refractivity contribution in [2.24, 2.45) is 0 Å². The highest BCUT2D eigenvalue weighted by Gasteiger charge is 2.24. The van der Waals surface area contributed by atoms with Crippen LogP contribution in [0.1, 0.15) is 37.0 Å². The molecule has 1 heterocycles. The molecule has 3 rings (SSSR count). The van der Waals surface area contributed by atoms with Gasteiger partial charge in [0.25, 0.3) is 15.9 Å². The summed E-state index contributed by atoms with van der Waals surface area (Å²) >= 11 is 6.09. The van der Waals surface area contributed by atoms with Crippen LogP contribution in [0, 0.1) is 0 Å². The van der Waals surface area contributed by atoms with Gasteiger partial charge in [-0.3, -0.25) is 15.0 Å². The van der Waals surface area contributed by atoms with E-state index in [1.807, 2.05) is 18.7 Å². The first-order valence-corrected chi connectivity index (χ1v) is 14.0. The minimum Gasteiger partial charge on any atom is -0.322 e. The molecule has 2 aromatic carbocycles. The summed E-state index contributed by atoms with van der Waals surface area (Å²) in [6.45, 7) is 4.54. The van der Waals surface area contributed by atoms with Crippen LogP contribution in [0.2, 0.25) is 5.02 Å². The lowest BCUT2D eigenvalue weighted by atomic mass is 10.2. The van der Waals surface area contributed by atoms with Gasteiger partial charge in [0, 0.05) is 30.2 Å². The van der Waals surface area contributed by atoms with Crippen molar-refractivity contribution in [1.29, 1.82) is 0 Å². The third kappa shape index (κ3) is 6.08. The molecule has 0 fully saturated rings. The second kappa shape index (κ2) is 10.9. The van der Waals surface area contributed by atoms with Gasteiger partial charge in [-0.2, -0.15) is 4.31 Å². The SMILES string of the molecule is CCCN(CCC)S(=O)(=O)c1ccc(C(=O)NNS(=O)(=O)c2cc3ccc(=O)[nH]c3cc2Cl)cc1. The number of hydrogen-bond acceptors (Lipinski definition) is 6. The maximum absolute atomic E-state index is 12.9. The number of aromatic nitrogens is 1. The van der Waals surface area contributed by atoms with Crippen molar-refractivity contribution in [1.82, 2.24) is 19.5 Å². The summed E-state index contributed by atoms with van der Waals surface area (Å²) in [5.41, 5.74) is 2.13. The molecule has 35 heavy (non-hydrogen) atoms. The summed E-state index contributed by atoms with van der Waals surface area (Å²) in [5.74, 6) is -0.794. The molecule has 0 radical (unpaired) electrons. The zero-order chi connectivity index (χ0) is 25.8. The molecule has 0 saturated heterocycles. The minimum absolute atomic E-state index is 0.0394. The highest BCUT2D eigenvalue weighted by Crippen LogP contribution is 2.26. The Morgan fingerprint density at radius 1 is 0.971 bits per heavy atom. The molecule has 1 aromatic heterocycles. The summed E-state index contributed by atoms with van der Waals surface area (Å²) in [5, 5.41) is 0.275. The predicted octanol–water partition coefficient (Wildman–Crippen LogP) is 2.62.